The van der Waals surface area contributed by atoms with Crippen LogP contribution in [0, 0.1) is 0 Å². The highest BCUT2D eigenvalue weighted by Gasteiger charge is 2.32. The Hall–Kier alpha value is -1.42. The molecule has 2 rings (SSSR count). The van der Waals surface area contributed by atoms with Gasteiger partial charge in [-0.1, -0.05) is 30.3 Å². The van der Waals surface area contributed by atoms with Crippen LogP contribution >= 0.6 is 7.60 Å². The first-order valence-electron chi connectivity index (χ1n) is 6.19. The van der Waals surface area contributed by atoms with E-state index in [0.29, 0.717) is 18.6 Å². The average Bonchev–Trinajstić information content (AvgIpc) is 2.90. The molecular formula is C13H17N2O3P. The Morgan fingerprint density at radius 1 is 1.16 bits per heavy atom. The van der Waals surface area contributed by atoms with Crippen molar-refractivity contribution in [3.63, 3.8) is 0 Å². The molecule has 1 N–H and O–H groups in total. The van der Waals surface area contributed by atoms with Gasteiger partial charge in [0.05, 0.1) is 19.4 Å². The van der Waals surface area contributed by atoms with Crippen LogP contribution in [0.1, 0.15) is 13.8 Å². The number of benzene rings is 1. The third kappa shape index (κ3) is 2.95. The number of hydrogen-bond donors (Lipinski definition) is 1. The molecule has 0 amide bonds. The van der Waals surface area contributed by atoms with Crippen molar-refractivity contribution in [1.82, 2.24) is 10.2 Å². The quantitative estimate of drug-likeness (QED) is 0.826. The highest BCUT2D eigenvalue weighted by molar-refractivity contribution is 7.62. The molecule has 0 aliphatic heterocycles. The highest BCUT2D eigenvalue weighted by atomic mass is 31.2. The number of aromatic amines is 1. The maximum atomic E-state index is 12.8. The number of H-pyrrole nitrogens is 1. The van der Waals surface area contributed by atoms with Crippen LogP contribution in [0.3, 0.4) is 0 Å². The number of nitrogens with zero attached hydrogens (tertiary/aromatic N) is 1. The maximum absolute atomic E-state index is 12.8. The van der Waals surface area contributed by atoms with Crippen LogP contribution in [0.2, 0.25) is 0 Å². The van der Waals surface area contributed by atoms with Crippen molar-refractivity contribution in [3.05, 3.63) is 36.5 Å². The van der Waals surface area contributed by atoms with Gasteiger partial charge in [0.25, 0.3) is 0 Å². The van der Waals surface area contributed by atoms with Gasteiger partial charge in [0.1, 0.15) is 0 Å². The van der Waals surface area contributed by atoms with E-state index in [1.807, 2.05) is 30.3 Å². The molecule has 19 heavy (non-hydrogen) atoms. The standard InChI is InChI=1S/C13H17N2O3P/c1-3-17-19(16,18-4-2)13-12(10-14-15-13)11-8-6-5-7-9-11/h5-10H,3-4H2,1-2H3,(H,14,15). The number of aromatic nitrogens is 2. The SMILES string of the molecule is CCOP(=O)(OCC)c1[nH]ncc1-c1ccccc1. The van der Waals surface area contributed by atoms with Crippen LogP contribution in [-0.2, 0) is 13.6 Å². The minimum atomic E-state index is -3.35. The van der Waals surface area contributed by atoms with Gasteiger partial charge in [0, 0.05) is 5.56 Å². The average molecular weight is 280 g/mol. The van der Waals surface area contributed by atoms with Gasteiger partial charge in [-0.05, 0) is 19.4 Å². The van der Waals surface area contributed by atoms with E-state index in [4.69, 9.17) is 9.05 Å². The molecule has 2 aromatic rings. The van der Waals surface area contributed by atoms with Gasteiger partial charge >= 0.3 is 7.60 Å². The first-order valence-corrected chi connectivity index (χ1v) is 7.74. The van der Waals surface area contributed by atoms with E-state index in [2.05, 4.69) is 10.2 Å². The summed E-state index contributed by atoms with van der Waals surface area (Å²) in [6.07, 6.45) is 1.63. The Labute approximate surface area is 112 Å². The van der Waals surface area contributed by atoms with E-state index < -0.39 is 7.60 Å². The molecule has 1 heterocycles. The normalized spacial score (nSPS) is 11.7. The molecule has 1 aromatic carbocycles. The summed E-state index contributed by atoms with van der Waals surface area (Å²) in [7, 11) is -3.35. The summed E-state index contributed by atoms with van der Waals surface area (Å²) >= 11 is 0. The Morgan fingerprint density at radius 2 is 1.79 bits per heavy atom. The molecule has 0 saturated heterocycles. The van der Waals surface area contributed by atoms with Gasteiger partial charge in [-0.25, -0.2) is 0 Å². The lowest BCUT2D eigenvalue weighted by molar-refractivity contribution is 0.229. The lowest BCUT2D eigenvalue weighted by Crippen LogP contribution is -2.14. The predicted molar refractivity (Wildman–Crippen MR) is 74.5 cm³/mol. The molecule has 0 atom stereocenters. The van der Waals surface area contributed by atoms with Crippen molar-refractivity contribution in [2.24, 2.45) is 0 Å². The summed E-state index contributed by atoms with van der Waals surface area (Å²) in [5.74, 6) is 0. The molecule has 0 aliphatic carbocycles. The summed E-state index contributed by atoms with van der Waals surface area (Å²) in [5.41, 5.74) is 2.07. The lowest BCUT2D eigenvalue weighted by Gasteiger charge is -2.16. The molecular weight excluding hydrogens is 263 g/mol. The predicted octanol–water partition coefficient (Wildman–Crippen LogP) is 2.97. The topological polar surface area (TPSA) is 64.2 Å². The van der Waals surface area contributed by atoms with Crippen molar-refractivity contribution < 1.29 is 13.6 Å². The zero-order valence-electron chi connectivity index (χ0n) is 11.0. The molecule has 0 saturated carbocycles. The smallest absolute Gasteiger partial charge is 0.304 e. The van der Waals surface area contributed by atoms with Crippen LogP contribution < -0.4 is 5.44 Å². The van der Waals surface area contributed by atoms with E-state index in [1.54, 1.807) is 20.0 Å². The number of hydrogen-bond acceptors (Lipinski definition) is 4. The molecule has 0 aliphatic rings. The van der Waals surface area contributed by atoms with Crippen molar-refractivity contribution in [1.29, 1.82) is 0 Å². The molecule has 0 bridgehead atoms. The van der Waals surface area contributed by atoms with Crippen molar-refractivity contribution in [3.8, 4) is 11.1 Å². The van der Waals surface area contributed by atoms with Gasteiger partial charge in [-0.3, -0.25) is 9.66 Å². The summed E-state index contributed by atoms with van der Waals surface area (Å²) in [6.45, 7) is 4.18. The fourth-order valence-corrected chi connectivity index (χ4v) is 3.50. The zero-order chi connectivity index (χ0) is 13.7. The Morgan fingerprint density at radius 3 is 2.37 bits per heavy atom. The molecule has 102 valence electrons. The second-order valence-electron chi connectivity index (χ2n) is 3.83. The van der Waals surface area contributed by atoms with Crippen LogP contribution in [0.5, 0.6) is 0 Å². The van der Waals surface area contributed by atoms with Crippen molar-refractivity contribution >= 4 is 13.0 Å². The van der Waals surface area contributed by atoms with Crippen molar-refractivity contribution in [2.75, 3.05) is 13.2 Å². The molecule has 0 radical (unpaired) electrons. The number of nitrogens with one attached hydrogen (secondary N) is 1. The first-order chi connectivity index (χ1) is 9.21. The van der Waals surface area contributed by atoms with E-state index in [1.165, 1.54) is 0 Å². The number of rotatable bonds is 6. The summed E-state index contributed by atoms with van der Waals surface area (Å²) in [6, 6.07) is 9.61. The Balaban J connectivity index is 2.46. The zero-order valence-corrected chi connectivity index (χ0v) is 11.9. The first kappa shape index (κ1) is 14.0. The Bertz CT molecular complexity index is 558. The highest BCUT2D eigenvalue weighted by Crippen LogP contribution is 2.48. The van der Waals surface area contributed by atoms with E-state index >= 15 is 0 Å². The maximum Gasteiger partial charge on any atom is 0.379 e. The monoisotopic (exact) mass is 280 g/mol. The third-order valence-corrected chi connectivity index (χ3v) is 4.66. The molecule has 1 aromatic heterocycles. The van der Waals surface area contributed by atoms with Gasteiger partial charge in [0.2, 0.25) is 0 Å². The minimum absolute atomic E-state index is 0.310. The summed E-state index contributed by atoms with van der Waals surface area (Å²) in [4.78, 5) is 0. The second-order valence-corrected chi connectivity index (χ2v) is 5.79. The van der Waals surface area contributed by atoms with Gasteiger partial charge in [-0.15, -0.1) is 0 Å². The van der Waals surface area contributed by atoms with Crippen molar-refractivity contribution in [2.45, 2.75) is 13.8 Å². The van der Waals surface area contributed by atoms with Gasteiger partial charge in [-0.2, -0.15) is 5.10 Å². The molecule has 0 fully saturated rings. The molecule has 6 heteroatoms. The second kappa shape index (κ2) is 6.15. The van der Waals surface area contributed by atoms with Gasteiger partial charge < -0.3 is 9.05 Å². The van der Waals surface area contributed by atoms with E-state index in [-0.39, 0.29) is 0 Å². The van der Waals surface area contributed by atoms with E-state index in [9.17, 15) is 4.57 Å². The molecule has 5 nitrogen and oxygen atoms in total. The lowest BCUT2D eigenvalue weighted by atomic mass is 10.1. The fraction of sp³-hybridized carbons (Fsp3) is 0.308. The van der Waals surface area contributed by atoms with E-state index in [0.717, 1.165) is 11.1 Å². The third-order valence-electron chi connectivity index (χ3n) is 2.58. The fourth-order valence-electron chi connectivity index (χ4n) is 1.82. The summed E-state index contributed by atoms with van der Waals surface area (Å²) < 4.78 is 23.4. The molecule has 0 unspecified atom stereocenters. The van der Waals surface area contributed by atoms with Gasteiger partial charge in [0.15, 0.2) is 5.44 Å². The summed E-state index contributed by atoms with van der Waals surface area (Å²) in [5, 5.41) is 6.72. The minimum Gasteiger partial charge on any atom is -0.304 e. The van der Waals surface area contributed by atoms with Crippen LogP contribution in [-0.4, -0.2) is 23.4 Å². The Kier molecular flexibility index (Phi) is 4.53. The van der Waals surface area contributed by atoms with Crippen LogP contribution in [0.15, 0.2) is 36.5 Å². The largest absolute Gasteiger partial charge is 0.379 e. The van der Waals surface area contributed by atoms with Crippen LogP contribution in [0.4, 0.5) is 0 Å². The van der Waals surface area contributed by atoms with Crippen LogP contribution in [0.25, 0.3) is 11.1 Å². The molecule has 0 spiro atoms.